The molecule has 8 heteroatoms. The highest BCUT2D eigenvalue weighted by Gasteiger charge is 2.19. The van der Waals surface area contributed by atoms with Gasteiger partial charge in [-0.25, -0.2) is 4.79 Å². The highest BCUT2D eigenvalue weighted by molar-refractivity contribution is 7.10. The molecule has 0 fully saturated rings. The van der Waals surface area contributed by atoms with E-state index in [0.29, 0.717) is 0 Å². The molecule has 0 bridgehead atoms. The molecule has 2 amide bonds. The fourth-order valence-electron chi connectivity index (χ4n) is 1.63. The molecular formula is C12H16N2O5S. The fraction of sp³-hybridized carbons (Fsp3) is 0.417. The maximum absolute atomic E-state index is 11.8. The Kier molecular flexibility index (Phi) is 5.98. The summed E-state index contributed by atoms with van der Waals surface area (Å²) in [7, 11) is 0. The maximum Gasteiger partial charge on any atom is 0.323 e. The van der Waals surface area contributed by atoms with Gasteiger partial charge < -0.3 is 20.4 Å². The van der Waals surface area contributed by atoms with Crippen LogP contribution in [-0.4, -0.2) is 46.2 Å². The monoisotopic (exact) mass is 300 g/mol. The molecule has 0 saturated carbocycles. The van der Waals surface area contributed by atoms with Gasteiger partial charge in [-0.2, -0.15) is 0 Å². The number of amides is 2. The number of rotatable bonds is 7. The highest BCUT2D eigenvalue weighted by Crippen LogP contribution is 2.16. The molecule has 3 N–H and O–H groups in total. The Morgan fingerprint density at radius 2 is 1.85 bits per heavy atom. The molecule has 0 saturated heterocycles. The third-order valence-electron chi connectivity index (χ3n) is 2.56. The zero-order valence-electron chi connectivity index (χ0n) is 11.0. The van der Waals surface area contributed by atoms with Gasteiger partial charge in [-0.15, -0.1) is 11.3 Å². The number of carbonyl (C=O) groups excluding carboxylic acids is 1. The Hall–Kier alpha value is -2.09. The third-order valence-corrected chi connectivity index (χ3v) is 3.52. The van der Waals surface area contributed by atoms with Crippen molar-refractivity contribution in [2.75, 3.05) is 13.1 Å². The zero-order chi connectivity index (χ0) is 15.1. The lowest BCUT2D eigenvalue weighted by molar-refractivity contribution is -0.140. The van der Waals surface area contributed by atoms with E-state index < -0.39 is 31.1 Å². The van der Waals surface area contributed by atoms with E-state index >= 15 is 0 Å². The smallest absolute Gasteiger partial charge is 0.323 e. The molecule has 1 aromatic heterocycles. The lowest BCUT2D eigenvalue weighted by atomic mass is 10.2. The van der Waals surface area contributed by atoms with Crippen LogP contribution in [0.3, 0.4) is 0 Å². The van der Waals surface area contributed by atoms with Crippen molar-refractivity contribution in [3.8, 4) is 0 Å². The molecule has 0 radical (unpaired) electrons. The van der Waals surface area contributed by atoms with E-state index in [9.17, 15) is 14.4 Å². The number of nitrogens with zero attached hydrogens (tertiary/aromatic N) is 1. The molecule has 0 spiro atoms. The average Bonchev–Trinajstić information content (AvgIpc) is 2.81. The number of aliphatic carboxylic acids is 2. The van der Waals surface area contributed by atoms with Gasteiger partial charge >= 0.3 is 18.0 Å². The largest absolute Gasteiger partial charge is 0.480 e. The second kappa shape index (κ2) is 7.49. The highest BCUT2D eigenvalue weighted by atomic mass is 32.1. The van der Waals surface area contributed by atoms with E-state index in [2.05, 4.69) is 5.32 Å². The van der Waals surface area contributed by atoms with Gasteiger partial charge in [-0.3, -0.25) is 9.59 Å². The molecule has 7 nitrogen and oxygen atoms in total. The molecule has 110 valence electrons. The van der Waals surface area contributed by atoms with Gasteiger partial charge in [0.25, 0.3) is 0 Å². The summed E-state index contributed by atoms with van der Waals surface area (Å²) in [6, 6.07) is 1.25. The van der Waals surface area contributed by atoms with Crippen LogP contribution in [0.2, 0.25) is 0 Å². The first-order chi connectivity index (χ1) is 9.43. The standard InChI is InChI=1S/C12H16N2O5S/c1-2-8-3-4-20-9(8)5-13-12(19)14(6-10(15)16)7-11(17)18/h3-4H,2,5-7H2,1H3,(H,13,19)(H,15,16)(H,17,18). The summed E-state index contributed by atoms with van der Waals surface area (Å²) < 4.78 is 0. The predicted molar refractivity (Wildman–Crippen MR) is 72.8 cm³/mol. The number of nitrogens with one attached hydrogen (secondary N) is 1. The topological polar surface area (TPSA) is 107 Å². The number of carboxylic acid groups (broad SMARTS) is 2. The number of thiophene rings is 1. The summed E-state index contributed by atoms with van der Waals surface area (Å²) in [5, 5.41) is 21.8. The Labute approximate surface area is 119 Å². The van der Waals surface area contributed by atoms with Crippen LogP contribution in [0, 0.1) is 0 Å². The Bertz CT molecular complexity index is 484. The number of hydrogen-bond acceptors (Lipinski definition) is 4. The number of carboxylic acids is 2. The van der Waals surface area contributed by atoms with Crippen LogP contribution in [-0.2, 0) is 22.6 Å². The van der Waals surface area contributed by atoms with E-state index in [0.717, 1.165) is 21.8 Å². The fourth-order valence-corrected chi connectivity index (χ4v) is 2.55. The van der Waals surface area contributed by atoms with Crippen molar-refractivity contribution in [3.05, 3.63) is 21.9 Å². The van der Waals surface area contributed by atoms with Crippen molar-refractivity contribution in [2.24, 2.45) is 0 Å². The molecular weight excluding hydrogens is 284 g/mol. The number of hydrogen-bond donors (Lipinski definition) is 3. The summed E-state index contributed by atoms with van der Waals surface area (Å²) in [5.74, 6) is -2.52. The Morgan fingerprint density at radius 3 is 2.35 bits per heavy atom. The van der Waals surface area contributed by atoms with E-state index in [4.69, 9.17) is 10.2 Å². The van der Waals surface area contributed by atoms with Crippen LogP contribution in [0.5, 0.6) is 0 Å². The van der Waals surface area contributed by atoms with Crippen LogP contribution in [0.1, 0.15) is 17.4 Å². The normalized spacial score (nSPS) is 10.1. The van der Waals surface area contributed by atoms with Gasteiger partial charge in [0, 0.05) is 4.88 Å². The molecule has 0 aliphatic carbocycles. The van der Waals surface area contributed by atoms with Gasteiger partial charge in [0.2, 0.25) is 0 Å². The summed E-state index contributed by atoms with van der Waals surface area (Å²) in [5.41, 5.74) is 1.11. The molecule has 0 atom stereocenters. The minimum absolute atomic E-state index is 0.259. The van der Waals surface area contributed by atoms with Crippen molar-refractivity contribution in [2.45, 2.75) is 19.9 Å². The van der Waals surface area contributed by atoms with Crippen LogP contribution in [0.4, 0.5) is 4.79 Å². The second-order valence-corrected chi connectivity index (χ2v) is 5.03. The SMILES string of the molecule is CCc1ccsc1CNC(=O)N(CC(=O)O)CC(=O)O. The number of carbonyl (C=O) groups is 3. The summed E-state index contributed by atoms with van der Waals surface area (Å²) in [6.45, 7) is 0.955. The van der Waals surface area contributed by atoms with Gasteiger partial charge in [0.1, 0.15) is 13.1 Å². The van der Waals surface area contributed by atoms with Gasteiger partial charge in [0.05, 0.1) is 6.54 Å². The predicted octanol–water partition coefficient (Wildman–Crippen LogP) is 0.991. The van der Waals surface area contributed by atoms with Crippen LogP contribution >= 0.6 is 11.3 Å². The average molecular weight is 300 g/mol. The summed E-state index contributed by atoms with van der Waals surface area (Å²) in [6.07, 6.45) is 0.836. The summed E-state index contributed by atoms with van der Waals surface area (Å²) >= 11 is 1.49. The second-order valence-electron chi connectivity index (χ2n) is 4.02. The third kappa shape index (κ3) is 4.88. The molecule has 0 aliphatic heterocycles. The lowest BCUT2D eigenvalue weighted by Crippen LogP contribution is -2.45. The number of urea groups is 1. The Balaban J connectivity index is 2.61. The van der Waals surface area contributed by atoms with Crippen molar-refractivity contribution < 1.29 is 24.6 Å². The van der Waals surface area contributed by atoms with E-state index in [1.165, 1.54) is 11.3 Å². The molecule has 0 aromatic carbocycles. The minimum atomic E-state index is -1.26. The molecule has 1 rings (SSSR count). The van der Waals surface area contributed by atoms with E-state index in [1.54, 1.807) is 0 Å². The molecule has 20 heavy (non-hydrogen) atoms. The first-order valence-electron chi connectivity index (χ1n) is 5.95. The van der Waals surface area contributed by atoms with E-state index in [-0.39, 0.29) is 6.54 Å². The van der Waals surface area contributed by atoms with Crippen LogP contribution in [0.15, 0.2) is 11.4 Å². The van der Waals surface area contributed by atoms with Crippen molar-refractivity contribution >= 4 is 29.3 Å². The minimum Gasteiger partial charge on any atom is -0.480 e. The van der Waals surface area contributed by atoms with Gasteiger partial charge in [-0.05, 0) is 23.4 Å². The van der Waals surface area contributed by atoms with Crippen molar-refractivity contribution in [3.63, 3.8) is 0 Å². The first-order valence-corrected chi connectivity index (χ1v) is 6.83. The molecule has 1 aromatic rings. The van der Waals surface area contributed by atoms with Gasteiger partial charge in [-0.1, -0.05) is 6.92 Å². The van der Waals surface area contributed by atoms with Crippen LogP contribution < -0.4 is 5.32 Å². The van der Waals surface area contributed by atoms with E-state index in [1.807, 2.05) is 18.4 Å². The molecule has 0 aliphatic rings. The molecule has 1 heterocycles. The molecule has 0 unspecified atom stereocenters. The number of aryl methyl sites for hydroxylation is 1. The zero-order valence-corrected chi connectivity index (χ0v) is 11.8. The Morgan fingerprint density at radius 1 is 1.25 bits per heavy atom. The van der Waals surface area contributed by atoms with Gasteiger partial charge in [0.15, 0.2) is 0 Å². The maximum atomic E-state index is 11.8. The first kappa shape index (κ1) is 16.0. The quantitative estimate of drug-likeness (QED) is 0.696. The lowest BCUT2D eigenvalue weighted by Gasteiger charge is -2.19. The summed E-state index contributed by atoms with van der Waals surface area (Å²) in [4.78, 5) is 34.8. The van der Waals surface area contributed by atoms with Crippen molar-refractivity contribution in [1.29, 1.82) is 0 Å². The van der Waals surface area contributed by atoms with Crippen molar-refractivity contribution in [1.82, 2.24) is 10.2 Å². The van der Waals surface area contributed by atoms with Crippen LogP contribution in [0.25, 0.3) is 0 Å².